The Balaban J connectivity index is 1.84. The molecule has 2 rings (SSSR count). The topological polar surface area (TPSA) is 43.4 Å². The molecule has 1 heterocycles. The van der Waals surface area contributed by atoms with Crippen LogP contribution in [0.3, 0.4) is 0 Å². The molecule has 2 fully saturated rings. The Morgan fingerprint density at radius 1 is 1.23 bits per heavy atom. The third-order valence-corrected chi connectivity index (χ3v) is 2.95. The van der Waals surface area contributed by atoms with Crippen LogP contribution in [0.2, 0.25) is 0 Å². The smallest absolute Gasteiger partial charge is 0.306 e. The van der Waals surface area contributed by atoms with Gasteiger partial charge in [0.15, 0.2) is 0 Å². The minimum Gasteiger partial charge on any atom is -0.462 e. The van der Waals surface area contributed by atoms with Gasteiger partial charge in [-0.25, -0.2) is 0 Å². The third-order valence-electron chi connectivity index (χ3n) is 2.95. The van der Waals surface area contributed by atoms with Crippen molar-refractivity contribution >= 4 is 11.8 Å². The summed E-state index contributed by atoms with van der Waals surface area (Å²) in [6.45, 7) is 0. The average molecular weight is 182 g/mol. The van der Waals surface area contributed by atoms with Crippen LogP contribution in [0.25, 0.3) is 0 Å². The van der Waals surface area contributed by atoms with Gasteiger partial charge in [-0.1, -0.05) is 0 Å². The van der Waals surface area contributed by atoms with E-state index in [4.69, 9.17) is 4.74 Å². The lowest BCUT2D eigenvalue weighted by Crippen LogP contribution is -2.16. The van der Waals surface area contributed by atoms with Gasteiger partial charge in [-0.2, -0.15) is 0 Å². The second-order valence-corrected chi connectivity index (χ2v) is 3.94. The molecule has 72 valence electrons. The molecule has 0 aromatic heterocycles. The fraction of sp³-hybridized carbons (Fsp3) is 0.800. The fourth-order valence-corrected chi connectivity index (χ4v) is 2.20. The van der Waals surface area contributed by atoms with Crippen molar-refractivity contribution < 1.29 is 14.3 Å². The molecule has 2 aliphatic rings. The Morgan fingerprint density at radius 2 is 2.08 bits per heavy atom. The molecule has 0 aromatic rings. The molecule has 1 aliphatic carbocycles. The van der Waals surface area contributed by atoms with Crippen LogP contribution in [0.15, 0.2) is 0 Å². The van der Waals surface area contributed by atoms with Gasteiger partial charge in [0.2, 0.25) is 0 Å². The van der Waals surface area contributed by atoms with Crippen molar-refractivity contribution in [1.29, 1.82) is 0 Å². The monoisotopic (exact) mass is 182 g/mol. The summed E-state index contributed by atoms with van der Waals surface area (Å²) >= 11 is 0. The third kappa shape index (κ3) is 1.90. The number of ether oxygens (including phenoxy) is 1. The van der Waals surface area contributed by atoms with Crippen molar-refractivity contribution in [1.82, 2.24) is 0 Å². The molecule has 0 amide bonds. The van der Waals surface area contributed by atoms with Gasteiger partial charge in [-0.05, 0) is 25.7 Å². The number of rotatable bonds is 2. The summed E-state index contributed by atoms with van der Waals surface area (Å²) in [4.78, 5) is 22.1. The molecule has 1 saturated heterocycles. The first-order valence-corrected chi connectivity index (χ1v) is 4.98. The van der Waals surface area contributed by atoms with Gasteiger partial charge in [0.25, 0.3) is 0 Å². The van der Waals surface area contributed by atoms with Crippen molar-refractivity contribution in [2.45, 2.75) is 44.6 Å². The van der Waals surface area contributed by atoms with Gasteiger partial charge < -0.3 is 4.74 Å². The van der Waals surface area contributed by atoms with Crippen LogP contribution in [0.5, 0.6) is 0 Å². The molecule has 0 aromatic carbocycles. The SMILES string of the molecule is O=C1CCC(CC2CCCC2=O)O1. The lowest BCUT2D eigenvalue weighted by atomic mass is 9.98. The van der Waals surface area contributed by atoms with Gasteiger partial charge in [0.05, 0.1) is 0 Å². The van der Waals surface area contributed by atoms with Crippen LogP contribution in [0, 0.1) is 5.92 Å². The molecule has 0 bridgehead atoms. The number of hydrogen-bond donors (Lipinski definition) is 0. The predicted molar refractivity (Wildman–Crippen MR) is 46.1 cm³/mol. The van der Waals surface area contributed by atoms with Crippen LogP contribution in [-0.4, -0.2) is 17.9 Å². The van der Waals surface area contributed by atoms with E-state index in [1.54, 1.807) is 0 Å². The molecule has 1 aliphatic heterocycles. The fourth-order valence-electron chi connectivity index (χ4n) is 2.20. The molecule has 1 saturated carbocycles. The number of hydrogen-bond acceptors (Lipinski definition) is 3. The quantitative estimate of drug-likeness (QED) is 0.607. The van der Waals surface area contributed by atoms with Crippen LogP contribution >= 0.6 is 0 Å². The summed E-state index contributed by atoms with van der Waals surface area (Å²) in [6, 6.07) is 0. The molecule has 2 atom stereocenters. The van der Waals surface area contributed by atoms with E-state index in [0.29, 0.717) is 12.2 Å². The zero-order valence-electron chi connectivity index (χ0n) is 7.62. The molecule has 0 N–H and O–H groups in total. The second-order valence-electron chi connectivity index (χ2n) is 3.94. The van der Waals surface area contributed by atoms with Crippen LogP contribution < -0.4 is 0 Å². The highest BCUT2D eigenvalue weighted by Gasteiger charge is 2.31. The summed E-state index contributed by atoms with van der Waals surface area (Å²) in [5.74, 6) is 0.439. The van der Waals surface area contributed by atoms with Crippen LogP contribution in [0.1, 0.15) is 38.5 Å². The summed E-state index contributed by atoms with van der Waals surface area (Å²) in [6.07, 6.45) is 4.88. The zero-order chi connectivity index (χ0) is 9.26. The maximum atomic E-state index is 11.3. The average Bonchev–Trinajstić information content (AvgIpc) is 2.64. The molecule has 2 unspecified atom stereocenters. The number of Topliss-reactive ketones (excluding diaryl/α,β-unsaturated/α-hetero) is 1. The normalized spacial score (nSPS) is 33.8. The number of ketones is 1. The Bertz CT molecular complexity index is 234. The van der Waals surface area contributed by atoms with Crippen LogP contribution in [0.4, 0.5) is 0 Å². The minimum absolute atomic E-state index is 0.0274. The van der Waals surface area contributed by atoms with E-state index >= 15 is 0 Å². The van der Waals surface area contributed by atoms with Gasteiger partial charge >= 0.3 is 5.97 Å². The first-order valence-electron chi connectivity index (χ1n) is 4.98. The van der Waals surface area contributed by atoms with Crippen molar-refractivity contribution in [3.63, 3.8) is 0 Å². The zero-order valence-corrected chi connectivity index (χ0v) is 7.62. The number of carbonyl (C=O) groups is 2. The van der Waals surface area contributed by atoms with E-state index in [1.165, 1.54) is 0 Å². The Labute approximate surface area is 77.4 Å². The van der Waals surface area contributed by atoms with Crippen molar-refractivity contribution in [2.24, 2.45) is 5.92 Å². The highest BCUT2D eigenvalue weighted by atomic mass is 16.5. The minimum atomic E-state index is -0.101. The maximum absolute atomic E-state index is 11.3. The molecular weight excluding hydrogens is 168 g/mol. The van der Waals surface area contributed by atoms with E-state index < -0.39 is 0 Å². The maximum Gasteiger partial charge on any atom is 0.306 e. The van der Waals surface area contributed by atoms with Gasteiger partial charge in [0.1, 0.15) is 11.9 Å². The molecule has 3 nitrogen and oxygen atoms in total. The Hall–Kier alpha value is -0.860. The lowest BCUT2D eigenvalue weighted by molar-refractivity contribution is -0.142. The predicted octanol–water partition coefficient (Wildman–Crippen LogP) is 1.45. The van der Waals surface area contributed by atoms with Gasteiger partial charge in [-0.15, -0.1) is 0 Å². The highest BCUT2D eigenvalue weighted by Crippen LogP contribution is 2.29. The molecular formula is C10H14O3. The van der Waals surface area contributed by atoms with Gasteiger partial charge in [0, 0.05) is 18.8 Å². The van der Waals surface area contributed by atoms with E-state index in [1.807, 2.05) is 0 Å². The standard InChI is InChI=1S/C10H14O3/c11-9-3-1-2-7(9)6-8-4-5-10(12)13-8/h7-8H,1-6H2. The van der Waals surface area contributed by atoms with E-state index in [9.17, 15) is 9.59 Å². The Morgan fingerprint density at radius 3 is 2.62 bits per heavy atom. The summed E-state index contributed by atoms with van der Waals surface area (Å²) in [5, 5.41) is 0. The molecule has 13 heavy (non-hydrogen) atoms. The van der Waals surface area contributed by atoms with Crippen LogP contribution in [-0.2, 0) is 14.3 Å². The molecule has 3 heteroatoms. The number of esters is 1. The van der Waals surface area contributed by atoms with Crippen molar-refractivity contribution in [3.8, 4) is 0 Å². The van der Waals surface area contributed by atoms with E-state index in [2.05, 4.69) is 0 Å². The second kappa shape index (κ2) is 3.48. The summed E-state index contributed by atoms with van der Waals surface area (Å²) < 4.78 is 5.08. The first-order chi connectivity index (χ1) is 6.25. The lowest BCUT2D eigenvalue weighted by Gasteiger charge is -2.12. The summed E-state index contributed by atoms with van der Waals surface area (Å²) in [5.41, 5.74) is 0. The van der Waals surface area contributed by atoms with Crippen molar-refractivity contribution in [2.75, 3.05) is 0 Å². The van der Waals surface area contributed by atoms with Crippen molar-refractivity contribution in [3.05, 3.63) is 0 Å². The van der Waals surface area contributed by atoms with E-state index in [-0.39, 0.29) is 18.0 Å². The highest BCUT2D eigenvalue weighted by molar-refractivity contribution is 5.83. The van der Waals surface area contributed by atoms with Gasteiger partial charge in [-0.3, -0.25) is 9.59 Å². The molecule has 0 radical (unpaired) electrons. The number of cyclic esters (lactones) is 1. The number of carbonyl (C=O) groups excluding carboxylic acids is 2. The Kier molecular flexibility index (Phi) is 2.34. The largest absolute Gasteiger partial charge is 0.462 e. The van der Waals surface area contributed by atoms with E-state index in [0.717, 1.165) is 32.1 Å². The first kappa shape index (κ1) is 8.73. The summed E-state index contributed by atoms with van der Waals surface area (Å²) in [7, 11) is 0. The molecule has 0 spiro atoms.